The standard InChI is InChI=1S/C15H17N3O3/c1-18-11-7-5-4-6-10(11)8-13(18)15(19-2,20-3)12-9-14(16)21-17-12/h4-9H,16H2,1-3H3. The van der Waals surface area contributed by atoms with Crippen LogP contribution in [-0.4, -0.2) is 23.9 Å². The predicted molar refractivity (Wildman–Crippen MR) is 78.6 cm³/mol. The maximum absolute atomic E-state index is 5.66. The molecular formula is C15H17N3O3. The molecule has 1 aromatic carbocycles. The number of fused-ring (bicyclic) bond motifs is 1. The van der Waals surface area contributed by atoms with Crippen LogP contribution in [0.4, 0.5) is 5.88 Å². The molecule has 0 bridgehead atoms. The first kappa shape index (κ1) is 13.7. The van der Waals surface area contributed by atoms with Crippen LogP contribution >= 0.6 is 0 Å². The molecule has 110 valence electrons. The van der Waals surface area contributed by atoms with Gasteiger partial charge in [0.2, 0.25) is 5.88 Å². The molecule has 2 heterocycles. The molecule has 0 radical (unpaired) electrons. The Morgan fingerprint density at radius 2 is 1.90 bits per heavy atom. The van der Waals surface area contributed by atoms with E-state index in [1.807, 2.05) is 41.9 Å². The van der Waals surface area contributed by atoms with Gasteiger partial charge in [-0.15, -0.1) is 0 Å². The lowest BCUT2D eigenvalue weighted by atomic mass is 10.1. The van der Waals surface area contributed by atoms with Gasteiger partial charge in [-0.1, -0.05) is 23.4 Å². The number of aromatic nitrogens is 2. The van der Waals surface area contributed by atoms with E-state index in [9.17, 15) is 0 Å². The topological polar surface area (TPSA) is 75.4 Å². The Kier molecular flexibility index (Phi) is 3.19. The molecule has 3 rings (SSSR count). The molecule has 0 amide bonds. The van der Waals surface area contributed by atoms with Crippen molar-refractivity contribution in [2.24, 2.45) is 7.05 Å². The maximum Gasteiger partial charge on any atom is 0.258 e. The Labute approximate surface area is 122 Å². The summed E-state index contributed by atoms with van der Waals surface area (Å²) in [5, 5.41) is 5.04. The van der Waals surface area contributed by atoms with Crippen LogP contribution < -0.4 is 5.73 Å². The molecule has 0 unspecified atom stereocenters. The van der Waals surface area contributed by atoms with Crippen molar-refractivity contribution in [2.45, 2.75) is 5.79 Å². The fourth-order valence-electron chi connectivity index (χ4n) is 2.68. The minimum atomic E-state index is -1.17. The summed E-state index contributed by atoms with van der Waals surface area (Å²) in [6.07, 6.45) is 0. The average molecular weight is 287 g/mol. The van der Waals surface area contributed by atoms with Gasteiger partial charge < -0.3 is 24.3 Å². The summed E-state index contributed by atoms with van der Waals surface area (Å²) in [5.41, 5.74) is 7.98. The first-order chi connectivity index (χ1) is 10.1. The lowest BCUT2D eigenvalue weighted by Gasteiger charge is -2.29. The number of benzene rings is 1. The summed E-state index contributed by atoms with van der Waals surface area (Å²) >= 11 is 0. The fraction of sp³-hybridized carbons (Fsp3) is 0.267. The van der Waals surface area contributed by atoms with Gasteiger partial charge in [-0.2, -0.15) is 0 Å². The van der Waals surface area contributed by atoms with Gasteiger partial charge in [0, 0.05) is 38.2 Å². The molecule has 0 atom stereocenters. The van der Waals surface area contributed by atoms with Crippen molar-refractivity contribution in [2.75, 3.05) is 20.0 Å². The third-order valence-electron chi connectivity index (χ3n) is 3.73. The number of methoxy groups -OCH3 is 2. The molecule has 2 N–H and O–H groups in total. The Bertz CT molecular complexity index is 771. The molecule has 0 fully saturated rings. The smallest absolute Gasteiger partial charge is 0.258 e. The number of ether oxygens (including phenoxy) is 2. The quantitative estimate of drug-likeness (QED) is 0.745. The fourth-order valence-corrected chi connectivity index (χ4v) is 2.68. The molecule has 6 heteroatoms. The van der Waals surface area contributed by atoms with Crippen LogP contribution in [0.5, 0.6) is 0 Å². The highest BCUT2D eigenvalue weighted by Crippen LogP contribution is 2.36. The summed E-state index contributed by atoms with van der Waals surface area (Å²) < 4.78 is 18.3. The monoisotopic (exact) mass is 287 g/mol. The lowest BCUT2D eigenvalue weighted by molar-refractivity contribution is -0.191. The zero-order valence-electron chi connectivity index (χ0n) is 12.2. The van der Waals surface area contributed by atoms with Gasteiger partial charge in [-0.3, -0.25) is 0 Å². The zero-order valence-corrected chi connectivity index (χ0v) is 12.2. The van der Waals surface area contributed by atoms with Crippen molar-refractivity contribution >= 4 is 16.8 Å². The first-order valence-corrected chi connectivity index (χ1v) is 6.50. The number of nitrogens with zero attached hydrogens (tertiary/aromatic N) is 2. The SMILES string of the molecule is COC(OC)(c1cc(N)on1)c1cc2ccccc2n1C. The van der Waals surface area contributed by atoms with Gasteiger partial charge in [-0.25, -0.2) is 0 Å². The van der Waals surface area contributed by atoms with Gasteiger partial charge in [0.1, 0.15) is 0 Å². The Balaban J connectivity index is 2.27. The van der Waals surface area contributed by atoms with Crippen LogP contribution in [0.3, 0.4) is 0 Å². The van der Waals surface area contributed by atoms with Crippen molar-refractivity contribution < 1.29 is 14.0 Å². The summed E-state index contributed by atoms with van der Waals surface area (Å²) in [6.45, 7) is 0. The molecular weight excluding hydrogens is 270 g/mol. The molecule has 2 aromatic heterocycles. The number of rotatable bonds is 4. The van der Waals surface area contributed by atoms with Gasteiger partial charge in [-0.05, 0) is 12.1 Å². The van der Waals surface area contributed by atoms with Crippen molar-refractivity contribution in [3.05, 3.63) is 47.8 Å². The minimum Gasteiger partial charge on any atom is -0.368 e. The van der Waals surface area contributed by atoms with Crippen molar-refractivity contribution in [3.8, 4) is 0 Å². The summed E-state index contributed by atoms with van der Waals surface area (Å²) in [5.74, 6) is -0.961. The highest BCUT2D eigenvalue weighted by Gasteiger charge is 2.41. The molecule has 0 aliphatic rings. The Morgan fingerprint density at radius 3 is 2.48 bits per heavy atom. The van der Waals surface area contributed by atoms with E-state index in [1.165, 1.54) is 0 Å². The molecule has 0 aliphatic heterocycles. The number of anilines is 1. The second-order valence-electron chi connectivity index (χ2n) is 4.79. The van der Waals surface area contributed by atoms with Crippen LogP contribution in [0.2, 0.25) is 0 Å². The molecule has 6 nitrogen and oxygen atoms in total. The average Bonchev–Trinajstić information content (AvgIpc) is 3.08. The number of nitrogen functional groups attached to an aromatic ring is 1. The van der Waals surface area contributed by atoms with Crippen LogP contribution in [0.25, 0.3) is 10.9 Å². The number of para-hydroxylation sites is 1. The first-order valence-electron chi connectivity index (χ1n) is 6.50. The largest absolute Gasteiger partial charge is 0.368 e. The summed E-state index contributed by atoms with van der Waals surface area (Å²) in [7, 11) is 5.08. The molecule has 0 aliphatic carbocycles. The highest BCUT2D eigenvalue weighted by molar-refractivity contribution is 5.81. The van der Waals surface area contributed by atoms with Crippen molar-refractivity contribution in [1.29, 1.82) is 0 Å². The molecule has 0 saturated carbocycles. The Hall–Kier alpha value is -2.31. The van der Waals surface area contributed by atoms with Gasteiger partial charge in [0.25, 0.3) is 5.79 Å². The van der Waals surface area contributed by atoms with E-state index >= 15 is 0 Å². The molecule has 21 heavy (non-hydrogen) atoms. The van der Waals surface area contributed by atoms with Gasteiger partial charge >= 0.3 is 0 Å². The lowest BCUT2D eigenvalue weighted by Crippen LogP contribution is -2.34. The van der Waals surface area contributed by atoms with E-state index < -0.39 is 5.79 Å². The van der Waals surface area contributed by atoms with Crippen LogP contribution in [0.1, 0.15) is 11.4 Å². The normalized spacial score (nSPS) is 12.1. The second-order valence-corrected chi connectivity index (χ2v) is 4.79. The van der Waals surface area contributed by atoms with E-state index in [0.29, 0.717) is 5.69 Å². The van der Waals surface area contributed by atoms with E-state index in [-0.39, 0.29) is 5.88 Å². The number of hydrogen-bond acceptors (Lipinski definition) is 5. The van der Waals surface area contributed by atoms with E-state index in [0.717, 1.165) is 16.6 Å². The van der Waals surface area contributed by atoms with Gasteiger partial charge in [0.05, 0.1) is 5.69 Å². The predicted octanol–water partition coefficient (Wildman–Crippen LogP) is 2.24. The van der Waals surface area contributed by atoms with Crippen LogP contribution in [-0.2, 0) is 22.3 Å². The second kappa shape index (κ2) is 4.91. The molecule has 0 spiro atoms. The third-order valence-corrected chi connectivity index (χ3v) is 3.73. The van der Waals surface area contributed by atoms with Crippen LogP contribution in [0.15, 0.2) is 40.9 Å². The Morgan fingerprint density at radius 1 is 1.19 bits per heavy atom. The molecule has 3 aromatic rings. The number of hydrogen-bond donors (Lipinski definition) is 1. The maximum atomic E-state index is 5.66. The zero-order chi connectivity index (χ0) is 15.0. The number of nitrogens with two attached hydrogens (primary N) is 1. The van der Waals surface area contributed by atoms with E-state index in [4.69, 9.17) is 19.7 Å². The van der Waals surface area contributed by atoms with Gasteiger partial charge in [0.15, 0.2) is 5.69 Å². The summed E-state index contributed by atoms with van der Waals surface area (Å²) in [6, 6.07) is 11.7. The van der Waals surface area contributed by atoms with E-state index in [2.05, 4.69) is 5.16 Å². The minimum absolute atomic E-state index is 0.210. The highest BCUT2D eigenvalue weighted by atomic mass is 16.7. The van der Waals surface area contributed by atoms with E-state index in [1.54, 1.807) is 20.3 Å². The molecule has 0 saturated heterocycles. The summed E-state index contributed by atoms with van der Waals surface area (Å²) in [4.78, 5) is 0. The third kappa shape index (κ3) is 1.91. The van der Waals surface area contributed by atoms with Crippen molar-refractivity contribution in [1.82, 2.24) is 9.72 Å². The van der Waals surface area contributed by atoms with Crippen LogP contribution in [0, 0.1) is 0 Å². The number of aryl methyl sites for hydroxylation is 1. The van der Waals surface area contributed by atoms with Crippen molar-refractivity contribution in [3.63, 3.8) is 0 Å².